The topological polar surface area (TPSA) is 103 Å². The van der Waals surface area contributed by atoms with Gasteiger partial charge in [0.05, 0.1) is 17.2 Å². The Labute approximate surface area is 205 Å². The molecule has 2 aromatic carbocycles. The predicted molar refractivity (Wildman–Crippen MR) is 132 cm³/mol. The Morgan fingerprint density at radius 3 is 2.46 bits per heavy atom. The molecule has 35 heavy (non-hydrogen) atoms. The molecule has 0 saturated carbocycles. The lowest BCUT2D eigenvalue weighted by molar-refractivity contribution is 0.102. The lowest BCUT2D eigenvalue weighted by Gasteiger charge is -2.26. The van der Waals surface area contributed by atoms with E-state index < -0.39 is 10.0 Å². The first-order chi connectivity index (χ1) is 16.9. The highest BCUT2D eigenvalue weighted by atomic mass is 32.2. The number of nitrogens with one attached hydrogen (secondary N) is 1. The average molecular weight is 499 g/mol. The number of rotatable bonds is 9. The number of aromatic nitrogens is 2. The van der Waals surface area contributed by atoms with Crippen molar-refractivity contribution in [3.05, 3.63) is 66.2 Å². The molecule has 0 aliphatic carbocycles. The third kappa shape index (κ3) is 5.83. The number of aryl methyl sites for hydroxylation is 1. The highest BCUT2D eigenvalue weighted by Crippen LogP contribution is 2.31. The summed E-state index contributed by atoms with van der Waals surface area (Å²) in [5, 5.41) is 2.81. The molecule has 1 N–H and O–H groups in total. The second kappa shape index (κ2) is 10.9. The maximum Gasteiger partial charge on any atom is 0.255 e. The molecular weight excluding hydrogens is 468 g/mol. The SMILES string of the molecule is CCOc1ccc(S(=O)(=O)N2CCCCC2)cc1NC(=O)c1ccc(OCc2nccn2C)cc1. The third-order valence-corrected chi connectivity index (χ3v) is 7.75. The second-order valence-corrected chi connectivity index (χ2v) is 10.2. The van der Waals surface area contributed by atoms with Crippen LogP contribution in [-0.2, 0) is 23.7 Å². The van der Waals surface area contributed by atoms with Crippen LogP contribution in [0.25, 0.3) is 0 Å². The van der Waals surface area contributed by atoms with Crippen molar-refractivity contribution in [3.63, 3.8) is 0 Å². The van der Waals surface area contributed by atoms with Crippen LogP contribution in [-0.4, -0.2) is 47.9 Å². The second-order valence-electron chi connectivity index (χ2n) is 8.28. The number of hydrogen-bond donors (Lipinski definition) is 1. The highest BCUT2D eigenvalue weighted by Gasteiger charge is 2.27. The van der Waals surface area contributed by atoms with E-state index in [0.29, 0.717) is 49.1 Å². The third-order valence-electron chi connectivity index (χ3n) is 5.86. The molecule has 1 aliphatic rings. The number of carbonyl (C=O) groups excluding carboxylic acids is 1. The van der Waals surface area contributed by atoms with Crippen molar-refractivity contribution < 1.29 is 22.7 Å². The van der Waals surface area contributed by atoms with Gasteiger partial charge in [0.2, 0.25) is 10.0 Å². The molecule has 1 saturated heterocycles. The van der Waals surface area contributed by atoms with Crippen LogP contribution in [0, 0.1) is 0 Å². The van der Waals surface area contributed by atoms with Gasteiger partial charge >= 0.3 is 0 Å². The number of benzene rings is 2. The van der Waals surface area contributed by atoms with Gasteiger partial charge in [0.1, 0.15) is 23.9 Å². The van der Waals surface area contributed by atoms with Crippen LogP contribution in [0.15, 0.2) is 59.8 Å². The molecular formula is C25H30N4O5S. The summed E-state index contributed by atoms with van der Waals surface area (Å²) in [6.45, 7) is 3.53. The fourth-order valence-corrected chi connectivity index (χ4v) is 5.43. The minimum Gasteiger partial charge on any atom is -0.492 e. The summed E-state index contributed by atoms with van der Waals surface area (Å²) in [4.78, 5) is 17.3. The first kappa shape index (κ1) is 24.7. The number of imidazole rings is 1. The van der Waals surface area contributed by atoms with E-state index in [2.05, 4.69) is 10.3 Å². The summed E-state index contributed by atoms with van der Waals surface area (Å²) in [5.41, 5.74) is 0.714. The quantitative estimate of drug-likeness (QED) is 0.481. The highest BCUT2D eigenvalue weighted by molar-refractivity contribution is 7.89. The summed E-state index contributed by atoms with van der Waals surface area (Å²) in [6, 6.07) is 11.3. The van der Waals surface area contributed by atoms with Crippen molar-refractivity contribution in [1.29, 1.82) is 0 Å². The van der Waals surface area contributed by atoms with Crippen LogP contribution in [0.5, 0.6) is 11.5 Å². The van der Waals surface area contributed by atoms with Gasteiger partial charge in [-0.3, -0.25) is 4.79 Å². The molecule has 0 radical (unpaired) electrons. The molecule has 3 aromatic rings. The zero-order valence-corrected chi connectivity index (χ0v) is 20.8. The smallest absolute Gasteiger partial charge is 0.255 e. The van der Waals surface area contributed by atoms with E-state index in [-0.39, 0.29) is 10.8 Å². The molecule has 10 heteroatoms. The molecule has 0 unspecified atom stereocenters. The molecule has 0 spiro atoms. The average Bonchev–Trinajstić information content (AvgIpc) is 3.29. The van der Waals surface area contributed by atoms with Crippen LogP contribution in [0.3, 0.4) is 0 Å². The number of anilines is 1. The van der Waals surface area contributed by atoms with E-state index in [1.54, 1.807) is 36.5 Å². The Kier molecular flexibility index (Phi) is 7.72. The van der Waals surface area contributed by atoms with Crippen molar-refractivity contribution >= 4 is 21.6 Å². The van der Waals surface area contributed by atoms with Crippen LogP contribution in [0.4, 0.5) is 5.69 Å². The number of carbonyl (C=O) groups is 1. The van der Waals surface area contributed by atoms with Crippen molar-refractivity contribution in [2.45, 2.75) is 37.7 Å². The number of ether oxygens (including phenoxy) is 2. The fourth-order valence-electron chi connectivity index (χ4n) is 3.88. The summed E-state index contributed by atoms with van der Waals surface area (Å²) in [5.74, 6) is 1.42. The lowest BCUT2D eigenvalue weighted by Crippen LogP contribution is -2.35. The monoisotopic (exact) mass is 498 g/mol. The first-order valence-electron chi connectivity index (χ1n) is 11.7. The van der Waals surface area contributed by atoms with Gasteiger partial charge < -0.3 is 19.4 Å². The number of piperidine rings is 1. The van der Waals surface area contributed by atoms with E-state index >= 15 is 0 Å². The van der Waals surface area contributed by atoms with Crippen LogP contribution >= 0.6 is 0 Å². The van der Waals surface area contributed by atoms with Crippen LogP contribution in [0.1, 0.15) is 42.4 Å². The molecule has 186 valence electrons. The van der Waals surface area contributed by atoms with Crippen molar-refractivity contribution in [2.75, 3.05) is 25.0 Å². The number of sulfonamides is 1. The number of nitrogens with zero attached hydrogens (tertiary/aromatic N) is 3. The molecule has 2 heterocycles. The Hall–Kier alpha value is -3.37. The summed E-state index contributed by atoms with van der Waals surface area (Å²) in [6.07, 6.45) is 6.27. The molecule has 1 amide bonds. The van der Waals surface area contributed by atoms with Gasteiger partial charge in [-0.15, -0.1) is 0 Å². The van der Waals surface area contributed by atoms with Crippen LogP contribution in [0.2, 0.25) is 0 Å². The van der Waals surface area contributed by atoms with Gasteiger partial charge in [0.25, 0.3) is 5.91 Å². The van der Waals surface area contributed by atoms with Gasteiger partial charge in [-0.25, -0.2) is 13.4 Å². The molecule has 4 rings (SSSR count). The van der Waals surface area contributed by atoms with E-state index in [1.807, 2.05) is 24.7 Å². The maximum absolute atomic E-state index is 13.1. The van der Waals surface area contributed by atoms with Crippen molar-refractivity contribution in [2.24, 2.45) is 7.05 Å². The minimum absolute atomic E-state index is 0.135. The predicted octanol–water partition coefficient (Wildman–Crippen LogP) is 3.82. The fraction of sp³-hybridized carbons (Fsp3) is 0.360. The Morgan fingerprint density at radius 2 is 1.80 bits per heavy atom. The Balaban J connectivity index is 1.49. The largest absolute Gasteiger partial charge is 0.492 e. The summed E-state index contributed by atoms with van der Waals surface area (Å²) < 4.78 is 41.0. The van der Waals surface area contributed by atoms with Gasteiger partial charge in [0.15, 0.2) is 0 Å². The zero-order valence-electron chi connectivity index (χ0n) is 19.9. The number of amides is 1. The Morgan fingerprint density at radius 1 is 1.06 bits per heavy atom. The molecule has 1 aliphatic heterocycles. The van der Waals surface area contributed by atoms with Gasteiger partial charge in [-0.05, 0) is 62.2 Å². The summed E-state index contributed by atoms with van der Waals surface area (Å²) >= 11 is 0. The van der Waals surface area contributed by atoms with Gasteiger partial charge in [0, 0.05) is 38.1 Å². The standard InChI is InChI=1S/C25H30N4O5S/c1-3-33-23-12-11-21(35(31,32)29-14-5-4-6-15-29)17-22(23)27-25(30)19-7-9-20(10-8-19)34-18-24-26-13-16-28(24)2/h7-13,16-17H,3-6,14-15,18H2,1-2H3,(H,27,30). The molecule has 9 nitrogen and oxygen atoms in total. The molecule has 0 atom stereocenters. The molecule has 1 aromatic heterocycles. The van der Waals surface area contributed by atoms with E-state index in [9.17, 15) is 13.2 Å². The first-order valence-corrected chi connectivity index (χ1v) is 13.1. The van der Waals surface area contributed by atoms with Crippen molar-refractivity contribution in [1.82, 2.24) is 13.9 Å². The normalized spacial score (nSPS) is 14.5. The molecule has 1 fully saturated rings. The van der Waals surface area contributed by atoms with E-state index in [0.717, 1.165) is 25.1 Å². The van der Waals surface area contributed by atoms with Gasteiger partial charge in [-0.2, -0.15) is 4.31 Å². The minimum atomic E-state index is -3.65. The van der Waals surface area contributed by atoms with E-state index in [1.165, 1.54) is 16.4 Å². The Bertz CT molecular complexity index is 1270. The maximum atomic E-state index is 13.1. The zero-order chi connectivity index (χ0) is 24.8. The lowest BCUT2D eigenvalue weighted by atomic mass is 10.2. The van der Waals surface area contributed by atoms with Crippen LogP contribution < -0.4 is 14.8 Å². The summed E-state index contributed by atoms with van der Waals surface area (Å²) in [7, 11) is -1.76. The van der Waals surface area contributed by atoms with E-state index in [4.69, 9.17) is 9.47 Å². The van der Waals surface area contributed by atoms with Gasteiger partial charge in [-0.1, -0.05) is 6.42 Å². The number of hydrogen-bond acceptors (Lipinski definition) is 6. The molecule has 0 bridgehead atoms. The van der Waals surface area contributed by atoms with Crippen molar-refractivity contribution in [3.8, 4) is 11.5 Å².